The molecule has 4 amide bonds. The molecule has 2 aromatic rings. The number of Topliss-reactive ketones (excluding diaryl/α,β-unsaturated/α-hetero) is 1. The summed E-state index contributed by atoms with van der Waals surface area (Å²) in [5.41, 5.74) is 1.39. The maximum Gasteiger partial charge on any atom is 0.289 e. The minimum atomic E-state index is -1.16. The monoisotopic (exact) mass is 593 g/mol. The fourth-order valence-corrected chi connectivity index (χ4v) is 6.79. The molecule has 3 N–H and O–H groups in total. The quantitative estimate of drug-likeness (QED) is 0.358. The van der Waals surface area contributed by atoms with Crippen LogP contribution in [0.25, 0.3) is 11.3 Å². The number of ketones is 1. The summed E-state index contributed by atoms with van der Waals surface area (Å²) in [7, 11) is 1.58. The van der Waals surface area contributed by atoms with Crippen LogP contribution in [-0.2, 0) is 19.2 Å². The number of benzene rings is 1. The number of hydrogen-bond donors (Lipinski definition) is 3. The highest BCUT2D eigenvalue weighted by molar-refractivity contribution is 7.12. The van der Waals surface area contributed by atoms with E-state index in [9.17, 15) is 24.0 Å². The first-order chi connectivity index (χ1) is 20.3. The summed E-state index contributed by atoms with van der Waals surface area (Å²) in [6.45, 7) is 0.886. The van der Waals surface area contributed by atoms with Crippen molar-refractivity contribution in [1.29, 1.82) is 0 Å². The number of likely N-dealkylation sites (tertiary alicyclic amines) is 1. The molecule has 1 spiro atoms. The van der Waals surface area contributed by atoms with Crippen LogP contribution < -0.4 is 20.7 Å². The second-order valence-corrected chi connectivity index (χ2v) is 12.8. The molecule has 12 heteroatoms. The van der Waals surface area contributed by atoms with E-state index in [1.165, 1.54) is 11.3 Å². The van der Waals surface area contributed by atoms with Gasteiger partial charge in [0.05, 0.1) is 18.8 Å². The Balaban J connectivity index is 1.22. The topological polar surface area (TPSA) is 147 Å². The Bertz CT molecular complexity index is 1420. The molecule has 4 fully saturated rings. The van der Waals surface area contributed by atoms with E-state index >= 15 is 0 Å². The average Bonchev–Trinajstić information content (AvgIpc) is 3.87. The van der Waals surface area contributed by atoms with Crippen molar-refractivity contribution in [3.8, 4) is 17.0 Å². The standard InChI is InChI=1S/C30H35N5O6S/c1-41-23-5-3-2-4-19(23)21-16-42-28(34-21)29(40)35-13-11-30(9-10-30)15-22(35)26(38)33-20(14-17-8-12-31-25(17)37)24(36)27(39)32-18-6-7-18/h2-5,16-18,20,22H,6-15H2,1H3,(H,31,37)(H,32,39)(H,33,38)/t17-,20-,22-/m0/s1. The van der Waals surface area contributed by atoms with Crippen LogP contribution in [0.4, 0.5) is 0 Å². The van der Waals surface area contributed by atoms with Crippen molar-refractivity contribution < 1.29 is 28.7 Å². The van der Waals surface area contributed by atoms with Crippen molar-refractivity contribution in [2.75, 3.05) is 20.2 Å². The number of ether oxygens (including phenoxy) is 1. The summed E-state index contributed by atoms with van der Waals surface area (Å²) in [6.07, 6.45) is 5.45. The van der Waals surface area contributed by atoms with Crippen LogP contribution in [0.1, 0.15) is 61.2 Å². The number of thiazole rings is 1. The molecule has 11 nitrogen and oxygen atoms in total. The van der Waals surface area contributed by atoms with E-state index in [2.05, 4.69) is 20.9 Å². The number of rotatable bonds is 10. The molecule has 222 valence electrons. The van der Waals surface area contributed by atoms with Crippen molar-refractivity contribution in [2.24, 2.45) is 11.3 Å². The van der Waals surface area contributed by atoms with E-state index in [1.54, 1.807) is 17.4 Å². The molecule has 3 atom stereocenters. The first-order valence-corrected chi connectivity index (χ1v) is 15.5. The Kier molecular flexibility index (Phi) is 7.73. The van der Waals surface area contributed by atoms with Crippen LogP contribution in [0.3, 0.4) is 0 Å². The van der Waals surface area contributed by atoms with E-state index < -0.39 is 35.6 Å². The summed E-state index contributed by atoms with van der Waals surface area (Å²) in [6, 6.07) is 5.44. The van der Waals surface area contributed by atoms with Gasteiger partial charge in [0.1, 0.15) is 11.8 Å². The largest absolute Gasteiger partial charge is 0.496 e. The Hall–Kier alpha value is -3.80. The summed E-state index contributed by atoms with van der Waals surface area (Å²) < 4.78 is 5.45. The van der Waals surface area contributed by atoms with Gasteiger partial charge < -0.3 is 25.6 Å². The molecule has 6 rings (SSSR count). The number of aromatic nitrogens is 1. The van der Waals surface area contributed by atoms with E-state index in [0.717, 1.165) is 37.7 Å². The third-order valence-electron chi connectivity index (χ3n) is 8.93. The van der Waals surface area contributed by atoms with Crippen LogP contribution in [0, 0.1) is 11.3 Å². The first kappa shape index (κ1) is 28.3. The summed E-state index contributed by atoms with van der Waals surface area (Å²) in [5, 5.41) is 10.3. The third-order valence-corrected chi connectivity index (χ3v) is 9.76. The number of amides is 4. The van der Waals surface area contributed by atoms with Gasteiger partial charge in [-0.25, -0.2) is 4.98 Å². The number of nitrogens with one attached hydrogen (secondary N) is 3. The zero-order valence-electron chi connectivity index (χ0n) is 23.5. The smallest absolute Gasteiger partial charge is 0.289 e. The normalized spacial score (nSPS) is 23.2. The first-order valence-electron chi connectivity index (χ1n) is 14.6. The van der Waals surface area contributed by atoms with Gasteiger partial charge in [0.25, 0.3) is 11.8 Å². The van der Waals surface area contributed by atoms with Crippen molar-refractivity contribution in [3.63, 3.8) is 0 Å². The lowest BCUT2D eigenvalue weighted by molar-refractivity contribution is -0.141. The molecular weight excluding hydrogens is 558 g/mol. The van der Waals surface area contributed by atoms with Crippen LogP contribution in [0.5, 0.6) is 5.75 Å². The average molecular weight is 594 g/mol. The highest BCUT2D eigenvalue weighted by atomic mass is 32.1. The highest BCUT2D eigenvalue weighted by Gasteiger charge is 2.52. The van der Waals surface area contributed by atoms with Gasteiger partial charge in [-0.2, -0.15) is 0 Å². The third kappa shape index (κ3) is 5.90. The van der Waals surface area contributed by atoms with Crippen LogP contribution in [-0.4, -0.2) is 77.6 Å². The van der Waals surface area contributed by atoms with E-state index in [0.29, 0.717) is 37.4 Å². The predicted octanol–water partition coefficient (Wildman–Crippen LogP) is 2.06. The molecule has 1 aromatic heterocycles. The minimum Gasteiger partial charge on any atom is -0.496 e. The lowest BCUT2D eigenvalue weighted by atomic mass is 9.87. The van der Waals surface area contributed by atoms with Gasteiger partial charge in [0, 0.05) is 36.0 Å². The van der Waals surface area contributed by atoms with Crippen LogP contribution >= 0.6 is 11.3 Å². The summed E-state index contributed by atoms with van der Waals surface area (Å²) >= 11 is 1.21. The molecule has 0 bridgehead atoms. The van der Waals surface area contributed by atoms with Gasteiger partial charge in [-0.05, 0) is 68.9 Å². The second-order valence-electron chi connectivity index (χ2n) is 11.9. The number of hydrogen-bond acceptors (Lipinski definition) is 8. The van der Waals surface area contributed by atoms with E-state index in [1.807, 2.05) is 24.3 Å². The van der Waals surface area contributed by atoms with Gasteiger partial charge in [-0.3, -0.25) is 24.0 Å². The zero-order chi connectivity index (χ0) is 29.4. The summed E-state index contributed by atoms with van der Waals surface area (Å²) in [4.78, 5) is 72.1. The molecule has 1 aromatic carbocycles. The molecular formula is C30H35N5O6S. The van der Waals surface area contributed by atoms with Crippen LogP contribution in [0.2, 0.25) is 0 Å². The maximum absolute atomic E-state index is 13.9. The molecule has 2 saturated heterocycles. The molecule has 2 aliphatic carbocycles. The maximum atomic E-state index is 13.9. The fourth-order valence-electron chi connectivity index (χ4n) is 6.02. The molecule has 42 heavy (non-hydrogen) atoms. The van der Waals surface area contributed by atoms with E-state index in [4.69, 9.17) is 4.74 Å². The zero-order valence-corrected chi connectivity index (χ0v) is 24.3. The van der Waals surface area contributed by atoms with Crippen LogP contribution in [0.15, 0.2) is 29.6 Å². The molecule has 2 saturated carbocycles. The molecule has 3 heterocycles. The Morgan fingerprint density at radius 1 is 1.17 bits per heavy atom. The number of carbonyl (C=O) groups is 5. The predicted molar refractivity (Wildman–Crippen MR) is 154 cm³/mol. The number of nitrogens with zero attached hydrogens (tertiary/aromatic N) is 2. The number of carbonyl (C=O) groups excluding carboxylic acids is 5. The Labute approximate surface area is 247 Å². The molecule has 0 radical (unpaired) electrons. The number of para-hydroxylation sites is 1. The van der Waals surface area contributed by atoms with E-state index in [-0.39, 0.29) is 34.7 Å². The lowest BCUT2D eigenvalue weighted by Crippen LogP contribution is -2.58. The van der Waals surface area contributed by atoms with Gasteiger partial charge >= 0.3 is 0 Å². The van der Waals surface area contributed by atoms with Gasteiger partial charge in [0.15, 0.2) is 5.01 Å². The van der Waals surface area contributed by atoms with Crippen molar-refractivity contribution >= 4 is 40.7 Å². The number of piperidine rings is 1. The SMILES string of the molecule is COc1ccccc1-c1csc(C(=O)N2CCC3(CC3)C[C@H]2C(=O)N[C@@H](C[C@@H]2CCNC2=O)C(=O)C(=O)NC2CC2)n1. The lowest BCUT2D eigenvalue weighted by Gasteiger charge is -2.39. The Morgan fingerprint density at radius 2 is 1.95 bits per heavy atom. The minimum absolute atomic E-state index is 0.0123. The second kappa shape index (κ2) is 11.5. The van der Waals surface area contributed by atoms with Crippen molar-refractivity contribution in [3.05, 3.63) is 34.7 Å². The Morgan fingerprint density at radius 3 is 2.64 bits per heavy atom. The summed E-state index contributed by atoms with van der Waals surface area (Å²) in [5.74, 6) is -2.35. The van der Waals surface area contributed by atoms with Gasteiger partial charge in [0.2, 0.25) is 17.6 Å². The fraction of sp³-hybridized carbons (Fsp3) is 0.533. The van der Waals surface area contributed by atoms with Crippen molar-refractivity contribution in [2.45, 2.75) is 69.5 Å². The molecule has 0 unspecified atom stereocenters. The van der Waals surface area contributed by atoms with Gasteiger partial charge in [-0.15, -0.1) is 11.3 Å². The van der Waals surface area contributed by atoms with Crippen molar-refractivity contribution in [1.82, 2.24) is 25.8 Å². The van der Waals surface area contributed by atoms with Gasteiger partial charge in [-0.1, -0.05) is 12.1 Å². The molecule has 4 aliphatic rings. The molecule has 2 aliphatic heterocycles. The number of methoxy groups -OCH3 is 1. The highest BCUT2D eigenvalue weighted by Crippen LogP contribution is 2.55.